The number of nitrogens with one attached hydrogen (secondary N) is 1. The largest absolute Gasteiger partial charge is 0.320 e. The van der Waals surface area contributed by atoms with Gasteiger partial charge in [0, 0.05) is 20.7 Å². The molecule has 0 saturated heterocycles. The van der Waals surface area contributed by atoms with Gasteiger partial charge in [0.15, 0.2) is 0 Å². The predicted octanol–water partition coefficient (Wildman–Crippen LogP) is 4.40. The molecule has 104 valence electrons. The van der Waals surface area contributed by atoms with Gasteiger partial charge in [0.05, 0.1) is 11.2 Å². The molecule has 0 atom stereocenters. The SMILES string of the molecule is Cc1ccc2cccnc2c1NC(=O)c1ccc(I)cc1. The Kier molecular flexibility index (Phi) is 3.88. The van der Waals surface area contributed by atoms with Crippen molar-refractivity contribution in [3.63, 3.8) is 0 Å². The smallest absolute Gasteiger partial charge is 0.255 e. The number of anilines is 1. The zero-order chi connectivity index (χ0) is 14.8. The van der Waals surface area contributed by atoms with Gasteiger partial charge in [-0.2, -0.15) is 0 Å². The Hall–Kier alpha value is -1.95. The lowest BCUT2D eigenvalue weighted by atomic mass is 10.1. The van der Waals surface area contributed by atoms with E-state index in [1.54, 1.807) is 6.20 Å². The molecule has 4 heteroatoms. The minimum absolute atomic E-state index is 0.118. The maximum Gasteiger partial charge on any atom is 0.255 e. The van der Waals surface area contributed by atoms with Crippen molar-refractivity contribution in [1.82, 2.24) is 4.98 Å². The van der Waals surface area contributed by atoms with Crippen LogP contribution in [0.5, 0.6) is 0 Å². The number of pyridine rings is 1. The highest BCUT2D eigenvalue weighted by Crippen LogP contribution is 2.25. The fourth-order valence-corrected chi connectivity index (χ4v) is 2.55. The Morgan fingerprint density at radius 1 is 1.10 bits per heavy atom. The lowest BCUT2D eigenvalue weighted by Crippen LogP contribution is -2.13. The number of nitrogens with zero attached hydrogens (tertiary/aromatic N) is 1. The molecule has 1 N–H and O–H groups in total. The van der Waals surface area contributed by atoms with Crippen molar-refractivity contribution in [2.75, 3.05) is 5.32 Å². The molecule has 0 spiro atoms. The second-order valence-electron chi connectivity index (χ2n) is 4.79. The summed E-state index contributed by atoms with van der Waals surface area (Å²) in [6, 6.07) is 15.4. The quantitative estimate of drug-likeness (QED) is 0.662. The van der Waals surface area contributed by atoms with Gasteiger partial charge in [0.25, 0.3) is 5.91 Å². The molecule has 2 aromatic carbocycles. The molecule has 0 aliphatic rings. The third-order valence-electron chi connectivity index (χ3n) is 3.33. The normalized spacial score (nSPS) is 10.6. The Balaban J connectivity index is 1.99. The summed E-state index contributed by atoms with van der Waals surface area (Å²) in [5, 5.41) is 4.00. The number of rotatable bonds is 2. The van der Waals surface area contributed by atoms with Gasteiger partial charge in [-0.3, -0.25) is 9.78 Å². The second-order valence-corrected chi connectivity index (χ2v) is 6.04. The minimum Gasteiger partial charge on any atom is -0.320 e. The minimum atomic E-state index is -0.118. The molecule has 0 radical (unpaired) electrons. The van der Waals surface area contributed by atoms with E-state index in [1.807, 2.05) is 55.5 Å². The van der Waals surface area contributed by atoms with Gasteiger partial charge in [-0.1, -0.05) is 18.2 Å². The molecule has 0 aliphatic carbocycles. The molecule has 3 aromatic rings. The number of hydrogen-bond donors (Lipinski definition) is 1. The van der Waals surface area contributed by atoms with Crippen LogP contribution < -0.4 is 5.32 Å². The van der Waals surface area contributed by atoms with Crippen molar-refractivity contribution >= 4 is 45.1 Å². The van der Waals surface area contributed by atoms with Gasteiger partial charge in [0.1, 0.15) is 0 Å². The lowest BCUT2D eigenvalue weighted by molar-refractivity contribution is 0.102. The predicted molar refractivity (Wildman–Crippen MR) is 93.6 cm³/mol. The van der Waals surface area contributed by atoms with E-state index in [9.17, 15) is 4.79 Å². The van der Waals surface area contributed by atoms with E-state index in [2.05, 4.69) is 32.9 Å². The zero-order valence-corrected chi connectivity index (χ0v) is 13.6. The Morgan fingerprint density at radius 2 is 1.86 bits per heavy atom. The van der Waals surface area contributed by atoms with E-state index >= 15 is 0 Å². The van der Waals surface area contributed by atoms with Crippen LogP contribution in [0.3, 0.4) is 0 Å². The molecule has 21 heavy (non-hydrogen) atoms. The fraction of sp³-hybridized carbons (Fsp3) is 0.0588. The first-order valence-electron chi connectivity index (χ1n) is 6.56. The van der Waals surface area contributed by atoms with Gasteiger partial charge < -0.3 is 5.32 Å². The Labute approximate surface area is 136 Å². The molecule has 1 amide bonds. The van der Waals surface area contributed by atoms with E-state index in [0.29, 0.717) is 5.56 Å². The van der Waals surface area contributed by atoms with Crippen molar-refractivity contribution in [2.24, 2.45) is 0 Å². The number of amides is 1. The lowest BCUT2D eigenvalue weighted by Gasteiger charge is -2.11. The highest BCUT2D eigenvalue weighted by Gasteiger charge is 2.11. The van der Waals surface area contributed by atoms with Gasteiger partial charge in [-0.25, -0.2) is 0 Å². The van der Waals surface area contributed by atoms with E-state index < -0.39 is 0 Å². The molecule has 0 aliphatic heterocycles. The summed E-state index contributed by atoms with van der Waals surface area (Å²) in [5.41, 5.74) is 3.23. The van der Waals surface area contributed by atoms with E-state index in [0.717, 1.165) is 25.7 Å². The van der Waals surface area contributed by atoms with Crippen LogP contribution in [0.2, 0.25) is 0 Å². The fourth-order valence-electron chi connectivity index (χ4n) is 2.19. The molecular formula is C17H13IN2O. The number of aromatic nitrogens is 1. The number of benzene rings is 2. The highest BCUT2D eigenvalue weighted by atomic mass is 127. The van der Waals surface area contributed by atoms with E-state index in [4.69, 9.17) is 0 Å². The topological polar surface area (TPSA) is 42.0 Å². The maximum atomic E-state index is 12.4. The van der Waals surface area contributed by atoms with Crippen LogP contribution in [0.1, 0.15) is 15.9 Å². The monoisotopic (exact) mass is 388 g/mol. The molecule has 0 fully saturated rings. The summed E-state index contributed by atoms with van der Waals surface area (Å²) in [6.45, 7) is 1.97. The molecule has 1 heterocycles. The Morgan fingerprint density at radius 3 is 2.62 bits per heavy atom. The van der Waals surface area contributed by atoms with Crippen molar-refractivity contribution in [3.8, 4) is 0 Å². The molecule has 0 saturated carbocycles. The van der Waals surface area contributed by atoms with Crippen molar-refractivity contribution in [2.45, 2.75) is 6.92 Å². The molecule has 0 bridgehead atoms. The van der Waals surface area contributed by atoms with Crippen LogP contribution in [0.4, 0.5) is 5.69 Å². The van der Waals surface area contributed by atoms with Crippen LogP contribution >= 0.6 is 22.6 Å². The van der Waals surface area contributed by atoms with E-state index in [-0.39, 0.29) is 5.91 Å². The number of carbonyl (C=O) groups excluding carboxylic acids is 1. The summed E-state index contributed by atoms with van der Waals surface area (Å²) < 4.78 is 1.10. The molecular weight excluding hydrogens is 375 g/mol. The maximum absolute atomic E-state index is 12.4. The van der Waals surface area contributed by atoms with Crippen LogP contribution in [0, 0.1) is 10.5 Å². The van der Waals surface area contributed by atoms with E-state index in [1.165, 1.54) is 0 Å². The molecule has 0 unspecified atom stereocenters. The average molecular weight is 388 g/mol. The first kappa shape index (κ1) is 14.0. The molecule has 3 nitrogen and oxygen atoms in total. The van der Waals surface area contributed by atoms with Gasteiger partial charge in [0.2, 0.25) is 0 Å². The molecule has 1 aromatic heterocycles. The van der Waals surface area contributed by atoms with Crippen LogP contribution in [-0.4, -0.2) is 10.9 Å². The number of halogens is 1. The highest BCUT2D eigenvalue weighted by molar-refractivity contribution is 14.1. The molecule has 3 rings (SSSR count). The second kappa shape index (κ2) is 5.81. The summed E-state index contributed by atoms with van der Waals surface area (Å²) >= 11 is 2.22. The number of aryl methyl sites for hydroxylation is 1. The van der Waals surface area contributed by atoms with Crippen molar-refractivity contribution < 1.29 is 4.79 Å². The first-order valence-corrected chi connectivity index (χ1v) is 7.64. The number of hydrogen-bond acceptors (Lipinski definition) is 2. The number of carbonyl (C=O) groups is 1. The van der Waals surface area contributed by atoms with Crippen molar-refractivity contribution in [1.29, 1.82) is 0 Å². The van der Waals surface area contributed by atoms with Crippen LogP contribution in [-0.2, 0) is 0 Å². The van der Waals surface area contributed by atoms with Crippen molar-refractivity contribution in [3.05, 3.63) is 69.4 Å². The third kappa shape index (κ3) is 2.90. The standard InChI is InChI=1S/C17H13IN2O/c1-11-4-5-12-3-2-10-19-16(12)15(11)20-17(21)13-6-8-14(18)9-7-13/h2-10H,1H3,(H,20,21). The zero-order valence-electron chi connectivity index (χ0n) is 11.4. The summed E-state index contributed by atoms with van der Waals surface area (Å²) in [4.78, 5) is 16.8. The third-order valence-corrected chi connectivity index (χ3v) is 4.05. The van der Waals surface area contributed by atoms with Crippen LogP contribution in [0.25, 0.3) is 10.9 Å². The van der Waals surface area contributed by atoms with Gasteiger partial charge in [-0.15, -0.1) is 0 Å². The number of fused-ring (bicyclic) bond motifs is 1. The van der Waals surface area contributed by atoms with Gasteiger partial charge in [-0.05, 0) is 65.4 Å². The summed E-state index contributed by atoms with van der Waals surface area (Å²) in [7, 11) is 0. The summed E-state index contributed by atoms with van der Waals surface area (Å²) in [5.74, 6) is -0.118. The van der Waals surface area contributed by atoms with Gasteiger partial charge >= 0.3 is 0 Å². The first-order chi connectivity index (χ1) is 10.1. The average Bonchev–Trinajstić information content (AvgIpc) is 2.51. The Bertz CT molecular complexity index is 813. The van der Waals surface area contributed by atoms with Crippen LogP contribution in [0.15, 0.2) is 54.7 Å². The summed E-state index contributed by atoms with van der Waals surface area (Å²) in [6.07, 6.45) is 1.74.